The first-order valence-electron chi connectivity index (χ1n) is 9.84. The summed E-state index contributed by atoms with van der Waals surface area (Å²) in [4.78, 5) is 0. The summed E-state index contributed by atoms with van der Waals surface area (Å²) >= 11 is 21.8. The van der Waals surface area contributed by atoms with E-state index in [1.807, 2.05) is 60.7 Å². The van der Waals surface area contributed by atoms with E-state index in [1.54, 1.807) is 0 Å². The molecule has 2 heterocycles. The summed E-state index contributed by atoms with van der Waals surface area (Å²) in [6, 6.07) is 19.1. The minimum Gasteiger partial charge on any atom is -0.332 e. The van der Waals surface area contributed by atoms with E-state index in [0.717, 1.165) is 11.4 Å². The highest BCUT2D eigenvalue weighted by Crippen LogP contribution is 2.56. The summed E-state index contributed by atoms with van der Waals surface area (Å²) in [5.74, 6) is 0. The van der Waals surface area contributed by atoms with Crippen LogP contribution in [0.3, 0.4) is 0 Å². The number of hydrogen-bond acceptors (Lipinski definition) is 8. The molecule has 1 spiro atoms. The molecular formula is C19H22N4O4P2S4. The zero-order valence-electron chi connectivity index (χ0n) is 17.3. The number of rotatable bonds is 4. The van der Waals surface area contributed by atoms with Crippen molar-refractivity contribution in [3.63, 3.8) is 0 Å². The molecule has 2 aromatic rings. The molecule has 0 radical (unpaired) electrons. The molecule has 0 atom stereocenters. The van der Waals surface area contributed by atoms with Gasteiger partial charge in [-0.25, -0.2) is 0 Å². The van der Waals surface area contributed by atoms with Crippen LogP contribution in [0, 0.1) is 5.41 Å². The Balaban J connectivity index is 1.25. The summed E-state index contributed by atoms with van der Waals surface area (Å²) in [6.07, 6.45) is 0. The summed E-state index contributed by atoms with van der Waals surface area (Å²) in [5, 5.41) is 12.8. The van der Waals surface area contributed by atoms with E-state index in [4.69, 9.17) is 66.1 Å². The van der Waals surface area contributed by atoms with Gasteiger partial charge in [-0.1, -0.05) is 36.4 Å². The highest BCUT2D eigenvalue weighted by Gasteiger charge is 2.46. The van der Waals surface area contributed by atoms with Crippen molar-refractivity contribution in [1.29, 1.82) is 0 Å². The Labute approximate surface area is 213 Å². The van der Waals surface area contributed by atoms with Crippen LogP contribution < -0.4 is 20.8 Å². The molecule has 8 nitrogen and oxygen atoms in total. The zero-order chi connectivity index (χ0) is 23.4. The quantitative estimate of drug-likeness (QED) is 0.314. The molecule has 2 aliphatic rings. The van der Waals surface area contributed by atoms with Crippen LogP contribution in [0.15, 0.2) is 60.7 Å². The van der Waals surface area contributed by atoms with Gasteiger partial charge in [0.2, 0.25) is 0 Å². The van der Waals surface area contributed by atoms with Crippen molar-refractivity contribution in [1.82, 2.24) is 10.2 Å². The topological polar surface area (TPSA) is 85.0 Å². The molecular weight excluding hydrogens is 538 g/mol. The van der Waals surface area contributed by atoms with Gasteiger partial charge in [0.1, 0.15) is 0 Å². The van der Waals surface area contributed by atoms with E-state index in [-0.39, 0.29) is 0 Å². The Morgan fingerprint density at radius 3 is 1.30 bits per heavy atom. The second kappa shape index (κ2) is 10.7. The van der Waals surface area contributed by atoms with Crippen molar-refractivity contribution in [3.05, 3.63) is 60.7 Å². The average molecular weight is 561 g/mol. The first-order chi connectivity index (χ1) is 15.8. The van der Waals surface area contributed by atoms with Gasteiger partial charge in [-0.05, 0) is 72.3 Å². The summed E-state index contributed by atoms with van der Waals surface area (Å²) in [7, 11) is 0. The van der Waals surface area contributed by atoms with E-state index in [1.165, 1.54) is 0 Å². The maximum Gasteiger partial charge on any atom is 0.289 e. The summed E-state index contributed by atoms with van der Waals surface area (Å²) in [6.45, 7) is -4.38. The fraction of sp³-hybridized carbons (Fsp3) is 0.263. The lowest BCUT2D eigenvalue weighted by Gasteiger charge is -2.45. The lowest BCUT2D eigenvalue weighted by Crippen LogP contribution is -2.48. The molecule has 2 saturated heterocycles. The van der Waals surface area contributed by atoms with Crippen LogP contribution in [0.2, 0.25) is 0 Å². The average Bonchev–Trinajstić information content (AvgIpc) is 2.79. The number of hydrogen-bond donors (Lipinski definition) is 4. The Morgan fingerprint density at radius 2 is 0.970 bits per heavy atom. The molecule has 0 saturated carbocycles. The zero-order valence-corrected chi connectivity index (χ0v) is 22.3. The standard InChI is InChI=1S/C19H22N4O4P2S4/c30-17(20-15-7-3-1-4-8-15)22-28(32)24-11-19(12-25-28)13-26-29(33,27-14-19)23-18(31)21-16-9-5-2-6-10-16/h1-10H,11-14H2,(H2,20,22,30,32)(H2,21,23,31,33). The highest BCUT2D eigenvalue weighted by molar-refractivity contribution is 8.10. The predicted molar refractivity (Wildman–Crippen MR) is 146 cm³/mol. The minimum absolute atomic E-state index is 0.299. The number of nitrogens with one attached hydrogen (secondary N) is 4. The van der Waals surface area contributed by atoms with Crippen molar-refractivity contribution in [2.24, 2.45) is 5.41 Å². The molecule has 0 bridgehead atoms. The molecule has 14 heteroatoms. The minimum atomic E-state index is -2.79. The van der Waals surface area contributed by atoms with Crippen molar-refractivity contribution >= 4 is 82.9 Å². The second-order valence-corrected chi connectivity index (χ2v) is 14.6. The predicted octanol–water partition coefficient (Wildman–Crippen LogP) is 4.49. The third-order valence-electron chi connectivity index (χ3n) is 4.70. The second-order valence-electron chi connectivity index (χ2n) is 7.45. The summed E-state index contributed by atoms with van der Waals surface area (Å²) < 4.78 is 23.7. The maximum absolute atomic E-state index is 5.92. The van der Waals surface area contributed by atoms with Crippen LogP contribution in [0.4, 0.5) is 11.4 Å². The highest BCUT2D eigenvalue weighted by atomic mass is 32.5. The number of thiocarbonyl (C=S) groups is 2. The van der Waals surface area contributed by atoms with E-state index >= 15 is 0 Å². The van der Waals surface area contributed by atoms with Crippen LogP contribution >= 0.6 is 37.7 Å². The van der Waals surface area contributed by atoms with Crippen molar-refractivity contribution < 1.29 is 18.1 Å². The van der Waals surface area contributed by atoms with Crippen LogP contribution in [0.5, 0.6) is 0 Å². The molecule has 33 heavy (non-hydrogen) atoms. The van der Waals surface area contributed by atoms with E-state index in [0.29, 0.717) is 36.7 Å². The molecule has 2 aromatic carbocycles. The third-order valence-corrected chi connectivity index (χ3v) is 10.1. The van der Waals surface area contributed by atoms with E-state index in [9.17, 15) is 0 Å². The van der Waals surface area contributed by atoms with Crippen LogP contribution in [0.1, 0.15) is 0 Å². The molecule has 4 N–H and O–H groups in total. The van der Waals surface area contributed by atoms with Gasteiger partial charge < -0.3 is 28.7 Å². The molecule has 2 aliphatic heterocycles. The van der Waals surface area contributed by atoms with Gasteiger partial charge >= 0.3 is 0 Å². The molecule has 176 valence electrons. The van der Waals surface area contributed by atoms with Crippen molar-refractivity contribution in [2.45, 2.75) is 0 Å². The Hall–Kier alpha value is -1.04. The molecule has 0 unspecified atom stereocenters. The first-order valence-corrected chi connectivity index (χ1v) is 15.9. The molecule has 0 aliphatic carbocycles. The van der Waals surface area contributed by atoms with E-state index < -0.39 is 18.7 Å². The fourth-order valence-corrected chi connectivity index (χ4v) is 8.23. The third kappa shape index (κ3) is 6.99. The lowest BCUT2D eigenvalue weighted by atomic mass is 9.93. The SMILES string of the molecule is S=C(Nc1ccccc1)NP1(=S)OCC2(CO1)COP(=S)(NC(=S)Nc1ccccc1)OC2. The number of benzene rings is 2. The van der Waals surface area contributed by atoms with Gasteiger partial charge in [0.05, 0.1) is 31.8 Å². The van der Waals surface area contributed by atoms with Gasteiger partial charge in [-0.2, -0.15) is 0 Å². The number of anilines is 2. The van der Waals surface area contributed by atoms with Gasteiger partial charge in [0, 0.05) is 11.4 Å². The molecule has 0 amide bonds. The van der Waals surface area contributed by atoms with Crippen molar-refractivity contribution in [2.75, 3.05) is 37.1 Å². The Bertz CT molecular complexity index is 994. The normalized spacial score (nSPS) is 29.1. The van der Waals surface area contributed by atoms with Gasteiger partial charge in [0.25, 0.3) is 13.3 Å². The van der Waals surface area contributed by atoms with Crippen molar-refractivity contribution in [3.8, 4) is 0 Å². The number of para-hydroxylation sites is 2. The molecule has 2 fully saturated rings. The van der Waals surface area contributed by atoms with Gasteiger partial charge in [0.15, 0.2) is 10.2 Å². The van der Waals surface area contributed by atoms with Crippen LogP contribution in [0.25, 0.3) is 0 Å². The smallest absolute Gasteiger partial charge is 0.289 e. The van der Waals surface area contributed by atoms with Gasteiger partial charge in [-0.15, -0.1) is 0 Å². The lowest BCUT2D eigenvalue weighted by molar-refractivity contribution is -0.0559. The monoisotopic (exact) mass is 560 g/mol. The maximum atomic E-state index is 5.92. The van der Waals surface area contributed by atoms with E-state index in [2.05, 4.69) is 20.8 Å². The summed E-state index contributed by atoms with van der Waals surface area (Å²) in [5.41, 5.74) is 1.19. The fourth-order valence-electron chi connectivity index (χ4n) is 2.95. The van der Waals surface area contributed by atoms with Crippen LogP contribution in [-0.2, 0) is 41.7 Å². The van der Waals surface area contributed by atoms with Crippen LogP contribution in [-0.4, -0.2) is 36.7 Å². The largest absolute Gasteiger partial charge is 0.332 e. The Kier molecular flexibility index (Phi) is 8.13. The van der Waals surface area contributed by atoms with Gasteiger partial charge in [-0.3, -0.25) is 10.2 Å². The molecule has 0 aromatic heterocycles. The Morgan fingerprint density at radius 1 is 0.636 bits per heavy atom. The first kappa shape index (κ1) is 25.1. The molecule has 4 rings (SSSR count).